The molecular formula is C13H12ClN3S. The highest BCUT2D eigenvalue weighted by Gasteiger charge is 2.09. The second kappa shape index (κ2) is 5.42. The van der Waals surface area contributed by atoms with Crippen LogP contribution in [0.1, 0.15) is 11.3 Å². The minimum absolute atomic E-state index is 0.0268. The van der Waals surface area contributed by atoms with Crippen molar-refractivity contribution in [2.75, 3.05) is 0 Å². The summed E-state index contributed by atoms with van der Waals surface area (Å²) in [5.41, 5.74) is 7.10. The predicted octanol–water partition coefficient (Wildman–Crippen LogP) is 3.48. The standard InChI is InChI=1S/C13H12ClN3S/c1-8-2-7-11(12(15)16)13(17-8)18-10-5-3-9(14)4-6-10/h2-7H,1H3,(H3,15,16). The van der Waals surface area contributed by atoms with Crippen LogP contribution in [-0.4, -0.2) is 10.8 Å². The molecule has 0 saturated heterocycles. The Morgan fingerprint density at radius 1 is 1.22 bits per heavy atom. The number of nitrogens with two attached hydrogens (primary N) is 1. The van der Waals surface area contributed by atoms with E-state index in [1.807, 2.05) is 43.3 Å². The highest BCUT2D eigenvalue weighted by atomic mass is 35.5. The summed E-state index contributed by atoms with van der Waals surface area (Å²) in [7, 11) is 0. The average molecular weight is 278 g/mol. The normalized spacial score (nSPS) is 10.3. The molecule has 0 radical (unpaired) electrons. The Hall–Kier alpha value is -1.52. The summed E-state index contributed by atoms with van der Waals surface area (Å²) in [5, 5.41) is 8.99. The summed E-state index contributed by atoms with van der Waals surface area (Å²) >= 11 is 7.32. The zero-order valence-electron chi connectivity index (χ0n) is 9.77. The zero-order valence-corrected chi connectivity index (χ0v) is 11.3. The van der Waals surface area contributed by atoms with Gasteiger partial charge in [0, 0.05) is 21.2 Å². The van der Waals surface area contributed by atoms with E-state index in [1.165, 1.54) is 11.8 Å². The smallest absolute Gasteiger partial charge is 0.125 e. The van der Waals surface area contributed by atoms with Crippen LogP contribution in [0.15, 0.2) is 46.3 Å². The summed E-state index contributed by atoms with van der Waals surface area (Å²) < 4.78 is 0. The van der Waals surface area contributed by atoms with Crippen LogP contribution >= 0.6 is 23.4 Å². The lowest BCUT2D eigenvalue weighted by Gasteiger charge is -2.08. The van der Waals surface area contributed by atoms with Crippen molar-refractivity contribution in [3.8, 4) is 0 Å². The Morgan fingerprint density at radius 3 is 2.50 bits per heavy atom. The molecule has 3 nitrogen and oxygen atoms in total. The molecule has 2 aromatic rings. The van der Waals surface area contributed by atoms with Gasteiger partial charge in [0.2, 0.25) is 0 Å². The largest absolute Gasteiger partial charge is 0.384 e. The summed E-state index contributed by atoms with van der Waals surface area (Å²) in [4.78, 5) is 5.44. The number of rotatable bonds is 3. The van der Waals surface area contributed by atoms with Gasteiger partial charge in [0.25, 0.3) is 0 Å². The van der Waals surface area contributed by atoms with E-state index < -0.39 is 0 Å². The van der Waals surface area contributed by atoms with E-state index in [9.17, 15) is 0 Å². The Balaban J connectivity index is 2.35. The minimum Gasteiger partial charge on any atom is -0.384 e. The Labute approximate surface area is 115 Å². The van der Waals surface area contributed by atoms with E-state index in [2.05, 4.69) is 4.98 Å². The lowest BCUT2D eigenvalue weighted by molar-refractivity contribution is 1.05. The molecule has 0 aliphatic carbocycles. The predicted molar refractivity (Wildman–Crippen MR) is 75.6 cm³/mol. The van der Waals surface area contributed by atoms with Crippen LogP contribution in [-0.2, 0) is 0 Å². The third-order valence-corrected chi connectivity index (χ3v) is 3.58. The highest BCUT2D eigenvalue weighted by Crippen LogP contribution is 2.29. The monoisotopic (exact) mass is 277 g/mol. The van der Waals surface area contributed by atoms with Gasteiger partial charge >= 0.3 is 0 Å². The Kier molecular flexibility index (Phi) is 3.89. The molecule has 5 heteroatoms. The topological polar surface area (TPSA) is 62.8 Å². The lowest BCUT2D eigenvalue weighted by atomic mass is 10.2. The molecule has 1 aromatic carbocycles. The van der Waals surface area contributed by atoms with Crippen LogP contribution in [0, 0.1) is 12.3 Å². The van der Waals surface area contributed by atoms with Gasteiger partial charge in [-0.25, -0.2) is 4.98 Å². The maximum Gasteiger partial charge on any atom is 0.125 e. The van der Waals surface area contributed by atoms with Gasteiger partial charge in [0.05, 0.1) is 0 Å². The van der Waals surface area contributed by atoms with Gasteiger partial charge in [-0.1, -0.05) is 23.4 Å². The van der Waals surface area contributed by atoms with E-state index in [4.69, 9.17) is 22.7 Å². The van der Waals surface area contributed by atoms with Crippen LogP contribution < -0.4 is 5.73 Å². The Morgan fingerprint density at radius 2 is 1.89 bits per heavy atom. The first kappa shape index (κ1) is 12.9. The number of nitrogens with zero attached hydrogens (tertiary/aromatic N) is 1. The molecule has 0 saturated carbocycles. The number of hydrogen-bond acceptors (Lipinski definition) is 3. The van der Waals surface area contributed by atoms with Crippen LogP contribution in [0.5, 0.6) is 0 Å². The molecule has 3 N–H and O–H groups in total. The SMILES string of the molecule is Cc1ccc(C(=N)N)c(Sc2ccc(Cl)cc2)n1. The van der Waals surface area contributed by atoms with E-state index in [1.54, 1.807) is 0 Å². The zero-order chi connectivity index (χ0) is 13.1. The molecule has 0 aliphatic heterocycles. The quantitative estimate of drug-likeness (QED) is 0.667. The molecule has 0 aliphatic rings. The number of pyridine rings is 1. The number of benzene rings is 1. The number of nitrogens with one attached hydrogen (secondary N) is 1. The molecule has 0 fully saturated rings. The van der Waals surface area contributed by atoms with Crippen molar-refractivity contribution in [3.63, 3.8) is 0 Å². The molecule has 2 rings (SSSR count). The van der Waals surface area contributed by atoms with Crippen molar-refractivity contribution >= 4 is 29.2 Å². The van der Waals surface area contributed by atoms with Crippen LogP contribution in [0.4, 0.5) is 0 Å². The molecule has 1 heterocycles. The first-order valence-electron chi connectivity index (χ1n) is 5.32. The van der Waals surface area contributed by atoms with Crippen molar-refractivity contribution in [3.05, 3.63) is 52.7 Å². The maximum atomic E-state index is 7.55. The number of hydrogen-bond donors (Lipinski definition) is 2. The van der Waals surface area contributed by atoms with Gasteiger partial charge in [0.1, 0.15) is 10.9 Å². The third-order valence-electron chi connectivity index (χ3n) is 2.32. The van der Waals surface area contributed by atoms with Gasteiger partial charge in [-0.3, -0.25) is 5.41 Å². The fourth-order valence-corrected chi connectivity index (χ4v) is 2.53. The first-order chi connectivity index (χ1) is 8.56. The van der Waals surface area contributed by atoms with Crippen molar-refractivity contribution in [1.29, 1.82) is 5.41 Å². The van der Waals surface area contributed by atoms with Gasteiger partial charge in [-0.2, -0.15) is 0 Å². The van der Waals surface area contributed by atoms with Crippen molar-refractivity contribution < 1.29 is 0 Å². The summed E-state index contributed by atoms with van der Waals surface area (Å²) in [6.45, 7) is 1.91. The summed E-state index contributed by atoms with van der Waals surface area (Å²) in [6, 6.07) is 11.2. The maximum absolute atomic E-state index is 7.55. The number of amidine groups is 1. The van der Waals surface area contributed by atoms with Crippen LogP contribution in [0.2, 0.25) is 5.02 Å². The molecule has 0 bridgehead atoms. The number of aryl methyl sites for hydroxylation is 1. The van der Waals surface area contributed by atoms with E-state index in [0.717, 1.165) is 15.6 Å². The van der Waals surface area contributed by atoms with E-state index in [-0.39, 0.29) is 5.84 Å². The van der Waals surface area contributed by atoms with Gasteiger partial charge in [-0.05, 0) is 43.3 Å². The molecule has 92 valence electrons. The number of aromatic nitrogens is 1. The van der Waals surface area contributed by atoms with E-state index >= 15 is 0 Å². The van der Waals surface area contributed by atoms with E-state index in [0.29, 0.717) is 10.6 Å². The van der Waals surface area contributed by atoms with Gasteiger partial charge < -0.3 is 5.73 Å². The van der Waals surface area contributed by atoms with Crippen molar-refractivity contribution in [2.45, 2.75) is 16.8 Å². The fraction of sp³-hybridized carbons (Fsp3) is 0.0769. The van der Waals surface area contributed by atoms with Crippen LogP contribution in [0.25, 0.3) is 0 Å². The first-order valence-corrected chi connectivity index (χ1v) is 6.51. The number of nitrogen functional groups attached to an aromatic ring is 1. The highest BCUT2D eigenvalue weighted by molar-refractivity contribution is 7.99. The molecule has 18 heavy (non-hydrogen) atoms. The summed E-state index contributed by atoms with van der Waals surface area (Å²) in [5.74, 6) is 0.0268. The second-order valence-electron chi connectivity index (χ2n) is 3.78. The minimum atomic E-state index is 0.0268. The molecule has 0 unspecified atom stereocenters. The third kappa shape index (κ3) is 3.03. The molecule has 0 atom stereocenters. The Bertz CT molecular complexity index is 581. The molecule has 0 amide bonds. The molecular weight excluding hydrogens is 266 g/mol. The lowest BCUT2D eigenvalue weighted by Crippen LogP contribution is -2.13. The summed E-state index contributed by atoms with van der Waals surface area (Å²) in [6.07, 6.45) is 0. The van der Waals surface area contributed by atoms with Crippen LogP contribution in [0.3, 0.4) is 0 Å². The molecule has 0 spiro atoms. The second-order valence-corrected chi connectivity index (χ2v) is 5.27. The fourth-order valence-electron chi connectivity index (χ4n) is 1.43. The average Bonchev–Trinajstić information content (AvgIpc) is 2.32. The van der Waals surface area contributed by atoms with Gasteiger partial charge in [-0.15, -0.1) is 0 Å². The van der Waals surface area contributed by atoms with Gasteiger partial charge in [0.15, 0.2) is 0 Å². The van der Waals surface area contributed by atoms with Crippen molar-refractivity contribution in [1.82, 2.24) is 4.98 Å². The number of halogens is 1. The van der Waals surface area contributed by atoms with Crippen molar-refractivity contribution in [2.24, 2.45) is 5.73 Å². The molecule has 1 aromatic heterocycles.